The number of hydrogen-bond donors (Lipinski definition) is 1. The van der Waals surface area contributed by atoms with Gasteiger partial charge in [0.25, 0.3) is 0 Å². The molecule has 1 atom stereocenters. The summed E-state index contributed by atoms with van der Waals surface area (Å²) in [6.45, 7) is 1.89. The molecule has 2 aliphatic heterocycles. The van der Waals surface area contributed by atoms with Crippen LogP contribution in [-0.4, -0.2) is 34.8 Å². The second kappa shape index (κ2) is 3.96. The van der Waals surface area contributed by atoms with Crippen LogP contribution < -0.4 is 5.32 Å². The van der Waals surface area contributed by atoms with Crippen molar-refractivity contribution in [2.45, 2.75) is 31.7 Å². The summed E-state index contributed by atoms with van der Waals surface area (Å²) in [6, 6.07) is 0.513. The van der Waals surface area contributed by atoms with Crippen LogP contribution in [0.25, 0.3) is 0 Å². The normalized spacial score (nSPS) is 32.2. The molecule has 1 unspecified atom stereocenters. The van der Waals surface area contributed by atoms with E-state index >= 15 is 0 Å². The fourth-order valence-electron chi connectivity index (χ4n) is 2.02. The molecule has 1 N–H and O–H groups in total. The molecule has 0 aromatic rings. The fourth-order valence-corrected chi connectivity index (χ4v) is 4.25. The maximum Gasteiger partial charge on any atom is 0.0637 e. The lowest BCUT2D eigenvalue weighted by Gasteiger charge is -2.07. The zero-order valence-electron chi connectivity index (χ0n) is 8.00. The second-order valence-corrected chi connectivity index (χ2v) is 6.61. The Morgan fingerprint density at radius 1 is 1.31 bits per heavy atom. The van der Waals surface area contributed by atoms with Crippen LogP contribution in [-0.2, 0) is 9.73 Å². The van der Waals surface area contributed by atoms with Crippen LogP contribution in [0.1, 0.15) is 25.7 Å². The molecule has 0 amide bonds. The highest BCUT2D eigenvalue weighted by molar-refractivity contribution is 7.93. The minimum atomic E-state index is -1.76. The highest BCUT2D eigenvalue weighted by Gasteiger charge is 2.18. The first-order valence-electron chi connectivity index (χ1n) is 5.20. The molecule has 2 rings (SSSR count). The summed E-state index contributed by atoms with van der Waals surface area (Å²) in [5.74, 6) is 1.69. The van der Waals surface area contributed by atoms with Gasteiger partial charge in [-0.2, -0.15) is 0 Å². The summed E-state index contributed by atoms with van der Waals surface area (Å²) in [6.07, 6.45) is 4.68. The predicted octanol–water partition coefficient (Wildman–Crippen LogP) is 1.00. The van der Waals surface area contributed by atoms with Crippen LogP contribution in [0, 0.1) is 0 Å². The molecule has 2 saturated heterocycles. The van der Waals surface area contributed by atoms with Gasteiger partial charge in [0.1, 0.15) is 0 Å². The van der Waals surface area contributed by atoms with Crippen LogP contribution in [0.15, 0.2) is 4.36 Å². The Bertz CT molecular complexity index is 263. The Morgan fingerprint density at radius 3 is 2.69 bits per heavy atom. The van der Waals surface area contributed by atoms with Crippen molar-refractivity contribution in [1.29, 1.82) is 0 Å². The van der Waals surface area contributed by atoms with Gasteiger partial charge in [0.15, 0.2) is 0 Å². The molecule has 2 aliphatic rings. The highest BCUT2D eigenvalue weighted by atomic mass is 32.2. The largest absolute Gasteiger partial charge is 0.312 e. The van der Waals surface area contributed by atoms with Gasteiger partial charge in [0, 0.05) is 27.3 Å². The van der Waals surface area contributed by atoms with E-state index in [1.165, 1.54) is 12.8 Å². The van der Waals surface area contributed by atoms with Gasteiger partial charge in [-0.3, -0.25) is 0 Å². The summed E-state index contributed by atoms with van der Waals surface area (Å²) < 4.78 is 16.4. The van der Waals surface area contributed by atoms with E-state index in [0.717, 1.165) is 37.4 Å². The lowest BCUT2D eigenvalue weighted by Crippen LogP contribution is -2.25. The molecule has 2 heterocycles. The molecule has 4 heteroatoms. The van der Waals surface area contributed by atoms with Crippen molar-refractivity contribution < 1.29 is 4.21 Å². The molecule has 0 aliphatic carbocycles. The third-order valence-electron chi connectivity index (χ3n) is 2.87. The van der Waals surface area contributed by atoms with Crippen LogP contribution in [0.4, 0.5) is 0 Å². The number of nitrogens with zero attached hydrogens (tertiary/aromatic N) is 1. The van der Waals surface area contributed by atoms with E-state index in [9.17, 15) is 4.21 Å². The van der Waals surface area contributed by atoms with Crippen LogP contribution >= 0.6 is 0 Å². The molecule has 0 aromatic heterocycles. The van der Waals surface area contributed by atoms with Gasteiger partial charge in [0.05, 0.1) is 6.54 Å². The maximum absolute atomic E-state index is 11.9. The number of rotatable bonds is 2. The highest BCUT2D eigenvalue weighted by Crippen LogP contribution is 2.14. The zero-order valence-corrected chi connectivity index (χ0v) is 8.81. The second-order valence-electron chi connectivity index (χ2n) is 3.99. The molecule has 0 aromatic carbocycles. The monoisotopic (exact) mass is 202 g/mol. The van der Waals surface area contributed by atoms with E-state index in [1.54, 1.807) is 0 Å². The molecule has 0 spiro atoms. The Labute approximate surface area is 80.5 Å². The topological polar surface area (TPSA) is 41.5 Å². The van der Waals surface area contributed by atoms with Crippen LogP contribution in [0.2, 0.25) is 0 Å². The molecule has 0 radical (unpaired) electrons. The molecule has 0 bridgehead atoms. The first kappa shape index (κ1) is 9.46. The summed E-state index contributed by atoms with van der Waals surface area (Å²) in [7, 11) is -1.76. The molecule has 2 fully saturated rings. The first-order valence-corrected chi connectivity index (χ1v) is 7.05. The van der Waals surface area contributed by atoms with Crippen molar-refractivity contribution in [3.63, 3.8) is 0 Å². The third-order valence-corrected chi connectivity index (χ3v) is 5.34. The van der Waals surface area contributed by atoms with Crippen LogP contribution in [0.5, 0.6) is 0 Å². The van der Waals surface area contributed by atoms with Crippen LogP contribution in [0.3, 0.4) is 0 Å². The lowest BCUT2D eigenvalue weighted by atomic mass is 10.2. The van der Waals surface area contributed by atoms with Gasteiger partial charge < -0.3 is 5.32 Å². The van der Waals surface area contributed by atoms with Gasteiger partial charge in [-0.05, 0) is 32.2 Å². The molecule has 0 saturated carbocycles. The minimum absolute atomic E-state index is 0.513. The zero-order chi connectivity index (χ0) is 9.15. The Balaban J connectivity index is 1.91. The SMILES string of the molecule is O=S1(=NCC2CCCN2)CCCC1. The number of hydrogen-bond acceptors (Lipinski definition) is 3. The lowest BCUT2D eigenvalue weighted by molar-refractivity contribution is 0.615. The Kier molecular flexibility index (Phi) is 2.89. The first-order chi connectivity index (χ1) is 6.29. The predicted molar refractivity (Wildman–Crippen MR) is 55.4 cm³/mol. The van der Waals surface area contributed by atoms with E-state index in [-0.39, 0.29) is 0 Å². The van der Waals surface area contributed by atoms with E-state index in [0.29, 0.717) is 6.04 Å². The van der Waals surface area contributed by atoms with Gasteiger partial charge in [-0.25, -0.2) is 8.57 Å². The number of nitrogens with one attached hydrogen (secondary N) is 1. The summed E-state index contributed by atoms with van der Waals surface area (Å²) in [5, 5.41) is 3.38. The van der Waals surface area contributed by atoms with Crippen molar-refractivity contribution in [3.8, 4) is 0 Å². The van der Waals surface area contributed by atoms with Crippen molar-refractivity contribution in [2.24, 2.45) is 4.36 Å². The third kappa shape index (κ3) is 2.44. The van der Waals surface area contributed by atoms with Crippen molar-refractivity contribution in [2.75, 3.05) is 24.6 Å². The van der Waals surface area contributed by atoms with Gasteiger partial charge in [-0.1, -0.05) is 0 Å². The standard InChI is InChI=1S/C9H18N2OS/c12-13(6-1-2-7-13)11-8-9-4-3-5-10-9/h9-10H,1-8H2. The van der Waals surface area contributed by atoms with Gasteiger partial charge in [0.2, 0.25) is 0 Å². The molecule has 13 heavy (non-hydrogen) atoms. The Hall–Kier alpha value is -0.0900. The Morgan fingerprint density at radius 2 is 2.08 bits per heavy atom. The quantitative estimate of drug-likeness (QED) is 0.726. The average Bonchev–Trinajstić information content (AvgIpc) is 2.72. The molecular formula is C9H18N2OS. The van der Waals surface area contributed by atoms with E-state index in [4.69, 9.17) is 0 Å². The molecule has 3 nitrogen and oxygen atoms in total. The van der Waals surface area contributed by atoms with Crippen molar-refractivity contribution >= 4 is 9.73 Å². The van der Waals surface area contributed by atoms with Crippen molar-refractivity contribution in [1.82, 2.24) is 5.32 Å². The maximum atomic E-state index is 11.9. The molecular weight excluding hydrogens is 184 g/mol. The van der Waals surface area contributed by atoms with Gasteiger partial charge in [-0.15, -0.1) is 0 Å². The average molecular weight is 202 g/mol. The van der Waals surface area contributed by atoms with Crippen molar-refractivity contribution in [3.05, 3.63) is 0 Å². The summed E-state index contributed by atoms with van der Waals surface area (Å²) in [4.78, 5) is 0. The fraction of sp³-hybridized carbons (Fsp3) is 1.00. The summed E-state index contributed by atoms with van der Waals surface area (Å²) in [5.41, 5.74) is 0. The van der Waals surface area contributed by atoms with E-state index in [1.807, 2.05) is 0 Å². The van der Waals surface area contributed by atoms with E-state index < -0.39 is 9.73 Å². The van der Waals surface area contributed by atoms with E-state index in [2.05, 4.69) is 9.68 Å². The molecule has 76 valence electrons. The smallest absolute Gasteiger partial charge is 0.0637 e. The summed E-state index contributed by atoms with van der Waals surface area (Å²) >= 11 is 0. The van der Waals surface area contributed by atoms with Gasteiger partial charge >= 0.3 is 0 Å². The minimum Gasteiger partial charge on any atom is -0.312 e.